The van der Waals surface area contributed by atoms with Crippen molar-refractivity contribution in [1.82, 2.24) is 9.55 Å². The summed E-state index contributed by atoms with van der Waals surface area (Å²) in [5, 5.41) is 10.9. The molecule has 1 N–H and O–H groups in total. The fourth-order valence-electron chi connectivity index (χ4n) is 2.48. The van der Waals surface area contributed by atoms with Crippen LogP contribution in [0.3, 0.4) is 0 Å². The molecule has 20 heavy (non-hydrogen) atoms. The standard InChI is InChI=1S/C16H15ClN2O/c1-10-7-15(20)12(11(2)16(10)17)8-19-9-18-13-5-3-4-6-14(13)19/h3-7,9,20H,8H2,1-2H3. The van der Waals surface area contributed by atoms with Gasteiger partial charge in [0, 0.05) is 10.6 Å². The Labute approximate surface area is 122 Å². The van der Waals surface area contributed by atoms with Gasteiger partial charge in [-0.1, -0.05) is 23.7 Å². The molecule has 0 amide bonds. The fraction of sp³-hybridized carbons (Fsp3) is 0.188. The molecule has 0 saturated heterocycles. The Balaban J connectivity index is 2.10. The molecule has 0 bridgehead atoms. The van der Waals surface area contributed by atoms with Crippen LogP contribution in [0.2, 0.25) is 5.02 Å². The van der Waals surface area contributed by atoms with Crippen LogP contribution >= 0.6 is 11.6 Å². The SMILES string of the molecule is Cc1cc(O)c(Cn2cnc3ccccc32)c(C)c1Cl. The fourth-order valence-corrected chi connectivity index (χ4v) is 2.65. The summed E-state index contributed by atoms with van der Waals surface area (Å²) in [4.78, 5) is 4.36. The van der Waals surface area contributed by atoms with Crippen molar-refractivity contribution in [3.05, 3.63) is 58.4 Å². The molecule has 3 nitrogen and oxygen atoms in total. The summed E-state index contributed by atoms with van der Waals surface area (Å²) in [6, 6.07) is 9.65. The molecular weight excluding hydrogens is 272 g/mol. The first-order chi connectivity index (χ1) is 9.58. The van der Waals surface area contributed by atoms with E-state index >= 15 is 0 Å². The van der Waals surface area contributed by atoms with Crippen LogP contribution in [0.4, 0.5) is 0 Å². The number of aryl methyl sites for hydroxylation is 1. The van der Waals surface area contributed by atoms with E-state index in [1.807, 2.05) is 42.7 Å². The van der Waals surface area contributed by atoms with E-state index in [0.29, 0.717) is 11.6 Å². The van der Waals surface area contributed by atoms with Crippen LogP contribution in [-0.4, -0.2) is 14.7 Å². The number of imidazole rings is 1. The molecule has 2 aromatic carbocycles. The highest BCUT2D eigenvalue weighted by atomic mass is 35.5. The molecule has 0 aliphatic heterocycles. The highest BCUT2D eigenvalue weighted by molar-refractivity contribution is 6.32. The van der Waals surface area contributed by atoms with Crippen molar-refractivity contribution in [3.8, 4) is 5.75 Å². The van der Waals surface area contributed by atoms with Gasteiger partial charge >= 0.3 is 0 Å². The van der Waals surface area contributed by atoms with E-state index in [-0.39, 0.29) is 5.75 Å². The molecule has 102 valence electrons. The van der Waals surface area contributed by atoms with Gasteiger partial charge in [-0.05, 0) is 43.2 Å². The molecule has 0 atom stereocenters. The highest BCUT2D eigenvalue weighted by Crippen LogP contribution is 2.31. The topological polar surface area (TPSA) is 38.0 Å². The van der Waals surface area contributed by atoms with Crippen molar-refractivity contribution in [1.29, 1.82) is 0 Å². The summed E-state index contributed by atoms with van der Waals surface area (Å²) in [5.74, 6) is 0.280. The second-order valence-electron chi connectivity index (χ2n) is 4.99. The van der Waals surface area contributed by atoms with Gasteiger partial charge in [0.2, 0.25) is 0 Å². The van der Waals surface area contributed by atoms with Crippen molar-refractivity contribution >= 4 is 22.6 Å². The van der Waals surface area contributed by atoms with E-state index in [2.05, 4.69) is 4.98 Å². The second kappa shape index (κ2) is 4.84. The molecule has 0 aliphatic carbocycles. The first kappa shape index (κ1) is 13.0. The highest BCUT2D eigenvalue weighted by Gasteiger charge is 2.13. The zero-order chi connectivity index (χ0) is 14.3. The predicted molar refractivity (Wildman–Crippen MR) is 81.4 cm³/mol. The molecule has 0 unspecified atom stereocenters. The number of phenolic OH excluding ortho intramolecular Hbond substituents is 1. The Morgan fingerprint density at radius 1 is 1.25 bits per heavy atom. The minimum Gasteiger partial charge on any atom is -0.508 e. The van der Waals surface area contributed by atoms with E-state index in [1.165, 1.54) is 0 Å². The third kappa shape index (κ3) is 2.04. The number of benzene rings is 2. The van der Waals surface area contributed by atoms with Gasteiger partial charge in [-0.15, -0.1) is 0 Å². The van der Waals surface area contributed by atoms with Gasteiger partial charge in [-0.25, -0.2) is 4.98 Å². The lowest BCUT2D eigenvalue weighted by molar-refractivity contribution is 0.465. The smallest absolute Gasteiger partial charge is 0.121 e. The Morgan fingerprint density at radius 2 is 2.00 bits per heavy atom. The third-order valence-corrected chi connectivity index (χ3v) is 4.23. The minimum absolute atomic E-state index is 0.280. The number of phenols is 1. The van der Waals surface area contributed by atoms with Crippen LogP contribution in [0, 0.1) is 13.8 Å². The van der Waals surface area contributed by atoms with Crippen LogP contribution in [-0.2, 0) is 6.54 Å². The molecule has 3 rings (SSSR count). The second-order valence-corrected chi connectivity index (χ2v) is 5.37. The van der Waals surface area contributed by atoms with Gasteiger partial charge in [-0.3, -0.25) is 0 Å². The lowest BCUT2D eigenvalue weighted by Gasteiger charge is -2.13. The third-order valence-electron chi connectivity index (χ3n) is 3.65. The van der Waals surface area contributed by atoms with Crippen molar-refractivity contribution in [3.63, 3.8) is 0 Å². The average Bonchev–Trinajstić information content (AvgIpc) is 2.84. The molecule has 4 heteroatoms. The van der Waals surface area contributed by atoms with E-state index in [0.717, 1.165) is 27.7 Å². The lowest BCUT2D eigenvalue weighted by atomic mass is 10.0. The maximum atomic E-state index is 10.2. The number of fused-ring (bicyclic) bond motifs is 1. The van der Waals surface area contributed by atoms with Gasteiger partial charge in [0.25, 0.3) is 0 Å². The van der Waals surface area contributed by atoms with Crippen LogP contribution in [0.5, 0.6) is 5.75 Å². The number of para-hydroxylation sites is 2. The molecular formula is C16H15ClN2O. The molecule has 0 aliphatic rings. The number of hydrogen-bond acceptors (Lipinski definition) is 2. The van der Waals surface area contributed by atoms with Crippen molar-refractivity contribution in [2.24, 2.45) is 0 Å². The lowest BCUT2D eigenvalue weighted by Crippen LogP contribution is -2.02. The molecule has 0 radical (unpaired) electrons. The monoisotopic (exact) mass is 286 g/mol. The molecule has 0 spiro atoms. The van der Waals surface area contributed by atoms with Crippen molar-refractivity contribution in [2.75, 3.05) is 0 Å². The first-order valence-electron chi connectivity index (χ1n) is 6.45. The number of aromatic nitrogens is 2. The number of halogens is 1. The Hall–Kier alpha value is -2.00. The van der Waals surface area contributed by atoms with Gasteiger partial charge < -0.3 is 9.67 Å². The molecule has 0 fully saturated rings. The number of aromatic hydroxyl groups is 1. The molecule has 1 heterocycles. The van der Waals surface area contributed by atoms with E-state index in [4.69, 9.17) is 11.6 Å². The number of nitrogens with zero attached hydrogens (tertiary/aromatic N) is 2. The molecule has 1 aromatic heterocycles. The van der Waals surface area contributed by atoms with Gasteiger partial charge in [-0.2, -0.15) is 0 Å². The zero-order valence-corrected chi connectivity index (χ0v) is 12.1. The van der Waals surface area contributed by atoms with Gasteiger partial charge in [0.15, 0.2) is 0 Å². The summed E-state index contributed by atoms with van der Waals surface area (Å²) in [6.07, 6.45) is 1.79. The molecule has 3 aromatic rings. The van der Waals surface area contributed by atoms with Crippen LogP contribution in [0.1, 0.15) is 16.7 Å². The molecule has 0 saturated carbocycles. The zero-order valence-electron chi connectivity index (χ0n) is 11.4. The summed E-state index contributed by atoms with van der Waals surface area (Å²) < 4.78 is 2.02. The minimum atomic E-state index is 0.280. The summed E-state index contributed by atoms with van der Waals surface area (Å²) in [6.45, 7) is 4.38. The predicted octanol–water partition coefficient (Wildman–Crippen LogP) is 4.06. The van der Waals surface area contributed by atoms with Gasteiger partial charge in [0.1, 0.15) is 5.75 Å². The summed E-state index contributed by atoms with van der Waals surface area (Å²) >= 11 is 6.28. The largest absolute Gasteiger partial charge is 0.508 e. The van der Waals surface area contributed by atoms with E-state index in [9.17, 15) is 5.11 Å². The van der Waals surface area contributed by atoms with Gasteiger partial charge in [0.05, 0.1) is 23.9 Å². The number of rotatable bonds is 2. The van der Waals surface area contributed by atoms with Crippen molar-refractivity contribution in [2.45, 2.75) is 20.4 Å². The number of hydrogen-bond donors (Lipinski definition) is 1. The van der Waals surface area contributed by atoms with Crippen LogP contribution in [0.25, 0.3) is 11.0 Å². The normalized spacial score (nSPS) is 11.2. The average molecular weight is 287 g/mol. The quantitative estimate of drug-likeness (QED) is 0.771. The summed E-state index contributed by atoms with van der Waals surface area (Å²) in [5.41, 5.74) is 4.64. The Bertz CT molecular complexity index is 793. The first-order valence-corrected chi connectivity index (χ1v) is 6.83. The van der Waals surface area contributed by atoms with E-state index < -0.39 is 0 Å². The Kier molecular flexibility index (Phi) is 3.14. The maximum Gasteiger partial charge on any atom is 0.121 e. The Morgan fingerprint density at radius 3 is 2.80 bits per heavy atom. The maximum absolute atomic E-state index is 10.2. The van der Waals surface area contributed by atoms with Crippen molar-refractivity contribution < 1.29 is 5.11 Å². The van der Waals surface area contributed by atoms with Crippen LogP contribution in [0.15, 0.2) is 36.7 Å². The van der Waals surface area contributed by atoms with Crippen LogP contribution < -0.4 is 0 Å². The van der Waals surface area contributed by atoms with E-state index in [1.54, 1.807) is 12.4 Å². The summed E-state index contributed by atoms with van der Waals surface area (Å²) in [7, 11) is 0.